The van der Waals surface area contributed by atoms with Gasteiger partial charge in [0.2, 0.25) is 0 Å². The van der Waals surface area contributed by atoms with E-state index in [4.69, 9.17) is 0 Å². The van der Waals surface area contributed by atoms with Crippen molar-refractivity contribution in [2.45, 2.75) is 0 Å². The average Bonchev–Trinajstić information content (AvgIpc) is 2.39. The highest BCUT2D eigenvalue weighted by atomic mass is 32.2. The summed E-state index contributed by atoms with van der Waals surface area (Å²) in [5.74, 6) is 1.75. The maximum Gasteiger partial charge on any atom is 0.270 e. The molecule has 0 bridgehead atoms. The third-order valence-corrected chi connectivity index (χ3v) is 3.54. The molecule has 6 heteroatoms. The van der Waals surface area contributed by atoms with Gasteiger partial charge in [-0.3, -0.25) is 14.9 Å². The number of hydrogen-bond acceptors (Lipinski definition) is 4. The second-order valence-corrected chi connectivity index (χ2v) is 4.94. The van der Waals surface area contributed by atoms with E-state index in [9.17, 15) is 14.9 Å². The second-order valence-electron chi connectivity index (χ2n) is 3.71. The number of non-ortho nitro benzene ring substituents is 1. The normalized spacial score (nSPS) is 15.6. The Hall–Kier alpha value is -1.56. The molecule has 0 aromatic heterocycles. The number of benzene rings is 1. The fraction of sp³-hybridized carbons (Fsp3) is 0.364. The molecule has 0 spiro atoms. The van der Waals surface area contributed by atoms with Gasteiger partial charge in [0, 0.05) is 42.3 Å². The van der Waals surface area contributed by atoms with Crippen molar-refractivity contribution in [3.63, 3.8) is 0 Å². The van der Waals surface area contributed by atoms with Crippen molar-refractivity contribution >= 4 is 23.4 Å². The van der Waals surface area contributed by atoms with Gasteiger partial charge in [0.1, 0.15) is 0 Å². The first-order chi connectivity index (χ1) is 8.18. The highest BCUT2D eigenvalue weighted by Gasteiger charge is 2.19. The molecule has 1 aromatic rings. The Balaban J connectivity index is 2.18. The zero-order valence-electron chi connectivity index (χ0n) is 9.17. The molecular weight excluding hydrogens is 240 g/mol. The molecule has 90 valence electrons. The topological polar surface area (TPSA) is 63.4 Å². The molecule has 1 aliphatic heterocycles. The summed E-state index contributed by atoms with van der Waals surface area (Å²) in [6.07, 6.45) is 0. The smallest absolute Gasteiger partial charge is 0.270 e. The fourth-order valence-electron chi connectivity index (χ4n) is 1.70. The fourth-order valence-corrected chi connectivity index (χ4v) is 2.60. The number of amides is 1. The molecule has 17 heavy (non-hydrogen) atoms. The number of thioether (sulfide) groups is 1. The minimum Gasteiger partial charge on any atom is -0.337 e. The standard InChI is InChI=1S/C11H12N2O3S/c14-11(12-4-6-17-7-5-12)9-2-1-3-10(8-9)13(15)16/h1-3,8H,4-7H2. The summed E-state index contributed by atoms with van der Waals surface area (Å²) >= 11 is 1.82. The first-order valence-corrected chi connectivity index (χ1v) is 6.45. The zero-order valence-corrected chi connectivity index (χ0v) is 9.98. The molecule has 1 amide bonds. The quantitative estimate of drug-likeness (QED) is 0.594. The van der Waals surface area contributed by atoms with Gasteiger partial charge in [-0.2, -0.15) is 11.8 Å². The molecule has 1 aromatic carbocycles. The molecule has 1 fully saturated rings. The van der Waals surface area contributed by atoms with Gasteiger partial charge in [-0.05, 0) is 6.07 Å². The average molecular weight is 252 g/mol. The Morgan fingerprint density at radius 3 is 2.71 bits per heavy atom. The Labute approximate surface area is 103 Å². The van der Waals surface area contributed by atoms with Crippen molar-refractivity contribution in [3.8, 4) is 0 Å². The van der Waals surface area contributed by atoms with Crippen LogP contribution in [0.3, 0.4) is 0 Å². The van der Waals surface area contributed by atoms with Crippen molar-refractivity contribution in [3.05, 3.63) is 39.9 Å². The molecule has 1 saturated heterocycles. The predicted molar refractivity (Wildman–Crippen MR) is 66.3 cm³/mol. The summed E-state index contributed by atoms with van der Waals surface area (Å²) in [7, 11) is 0. The van der Waals surface area contributed by atoms with Crippen molar-refractivity contribution in [1.29, 1.82) is 0 Å². The summed E-state index contributed by atoms with van der Waals surface area (Å²) in [6, 6.07) is 5.90. The number of nitrogens with zero attached hydrogens (tertiary/aromatic N) is 2. The highest BCUT2D eigenvalue weighted by Crippen LogP contribution is 2.17. The summed E-state index contributed by atoms with van der Waals surface area (Å²) in [4.78, 5) is 24.0. The van der Waals surface area contributed by atoms with E-state index >= 15 is 0 Å². The molecule has 5 nitrogen and oxygen atoms in total. The number of carbonyl (C=O) groups is 1. The van der Waals surface area contributed by atoms with Gasteiger partial charge >= 0.3 is 0 Å². The third-order valence-electron chi connectivity index (χ3n) is 2.60. The number of hydrogen-bond donors (Lipinski definition) is 0. The van der Waals surface area contributed by atoms with Gasteiger partial charge in [-0.25, -0.2) is 0 Å². The Morgan fingerprint density at radius 2 is 2.06 bits per heavy atom. The molecule has 2 rings (SSSR count). The predicted octanol–water partition coefficient (Wildman–Crippen LogP) is 1.78. The summed E-state index contributed by atoms with van der Waals surface area (Å²) in [6.45, 7) is 1.43. The Kier molecular flexibility index (Phi) is 3.63. The molecule has 1 heterocycles. The summed E-state index contributed by atoms with van der Waals surface area (Å²) in [5, 5.41) is 10.6. The van der Waals surface area contributed by atoms with Crippen molar-refractivity contribution in [1.82, 2.24) is 4.90 Å². The van der Waals surface area contributed by atoms with Crippen LogP contribution in [-0.4, -0.2) is 40.3 Å². The van der Waals surface area contributed by atoms with Gasteiger partial charge in [-0.1, -0.05) is 6.07 Å². The first kappa shape index (κ1) is 11.9. The number of carbonyl (C=O) groups excluding carboxylic acids is 1. The largest absolute Gasteiger partial charge is 0.337 e. The van der Waals surface area contributed by atoms with Crippen molar-refractivity contribution in [2.75, 3.05) is 24.6 Å². The SMILES string of the molecule is O=C(c1cccc([N+](=O)[O-])c1)N1CCSCC1. The molecule has 0 radical (unpaired) electrons. The van der Waals surface area contributed by atoms with Crippen LogP contribution in [-0.2, 0) is 0 Å². The molecule has 1 aliphatic rings. The van der Waals surface area contributed by atoms with Gasteiger partial charge in [0.05, 0.1) is 4.92 Å². The van der Waals surface area contributed by atoms with Gasteiger partial charge in [0.15, 0.2) is 0 Å². The van der Waals surface area contributed by atoms with Crippen LogP contribution in [0.25, 0.3) is 0 Å². The van der Waals surface area contributed by atoms with Crippen LogP contribution >= 0.6 is 11.8 Å². The molecule has 0 aliphatic carbocycles. The van der Waals surface area contributed by atoms with E-state index in [0.29, 0.717) is 18.7 Å². The number of rotatable bonds is 2. The zero-order chi connectivity index (χ0) is 12.3. The number of nitro groups is 1. The van der Waals surface area contributed by atoms with Crippen LogP contribution < -0.4 is 0 Å². The van der Waals surface area contributed by atoms with Crippen LogP contribution in [0.5, 0.6) is 0 Å². The minimum atomic E-state index is -0.483. The highest BCUT2D eigenvalue weighted by molar-refractivity contribution is 7.99. The lowest BCUT2D eigenvalue weighted by molar-refractivity contribution is -0.384. The minimum absolute atomic E-state index is 0.0396. The van der Waals surface area contributed by atoms with E-state index in [1.165, 1.54) is 12.1 Å². The number of nitro benzene ring substituents is 1. The van der Waals surface area contributed by atoms with Crippen molar-refractivity contribution in [2.24, 2.45) is 0 Å². The monoisotopic (exact) mass is 252 g/mol. The lowest BCUT2D eigenvalue weighted by atomic mass is 10.1. The van der Waals surface area contributed by atoms with Crippen LogP contribution in [0.2, 0.25) is 0 Å². The van der Waals surface area contributed by atoms with Crippen LogP contribution in [0.1, 0.15) is 10.4 Å². The Bertz CT molecular complexity index is 444. The van der Waals surface area contributed by atoms with Gasteiger partial charge in [-0.15, -0.1) is 0 Å². The van der Waals surface area contributed by atoms with Crippen LogP contribution in [0.15, 0.2) is 24.3 Å². The van der Waals surface area contributed by atoms with E-state index < -0.39 is 4.92 Å². The molecule has 0 N–H and O–H groups in total. The van der Waals surface area contributed by atoms with E-state index in [1.807, 2.05) is 11.8 Å². The summed E-state index contributed by atoms with van der Waals surface area (Å²) < 4.78 is 0. The third kappa shape index (κ3) is 2.76. The van der Waals surface area contributed by atoms with E-state index in [0.717, 1.165) is 11.5 Å². The molecule has 0 unspecified atom stereocenters. The maximum absolute atomic E-state index is 12.1. The molecule has 0 atom stereocenters. The second kappa shape index (κ2) is 5.18. The van der Waals surface area contributed by atoms with Crippen LogP contribution in [0, 0.1) is 10.1 Å². The first-order valence-electron chi connectivity index (χ1n) is 5.30. The van der Waals surface area contributed by atoms with Crippen molar-refractivity contribution < 1.29 is 9.72 Å². The lowest BCUT2D eigenvalue weighted by Gasteiger charge is -2.26. The van der Waals surface area contributed by atoms with Gasteiger partial charge in [0.25, 0.3) is 11.6 Å². The molecular formula is C11H12N2O3S. The van der Waals surface area contributed by atoms with Gasteiger partial charge < -0.3 is 4.90 Å². The van der Waals surface area contributed by atoms with E-state index in [2.05, 4.69) is 0 Å². The van der Waals surface area contributed by atoms with Crippen LogP contribution in [0.4, 0.5) is 5.69 Å². The molecule has 0 saturated carbocycles. The van der Waals surface area contributed by atoms with E-state index in [1.54, 1.807) is 17.0 Å². The van der Waals surface area contributed by atoms with E-state index in [-0.39, 0.29) is 11.6 Å². The summed E-state index contributed by atoms with van der Waals surface area (Å²) in [5.41, 5.74) is 0.355. The Morgan fingerprint density at radius 1 is 1.35 bits per heavy atom. The maximum atomic E-state index is 12.1. The lowest BCUT2D eigenvalue weighted by Crippen LogP contribution is -2.37.